The van der Waals surface area contributed by atoms with Gasteiger partial charge < -0.3 is 14.2 Å². The molecular weight excluding hydrogens is 289 g/mol. The molecule has 0 bridgehead atoms. The monoisotopic (exact) mass is 315 g/mol. The molecule has 5 heteroatoms. The Labute approximate surface area is 139 Å². The molecule has 0 atom stereocenters. The summed E-state index contributed by atoms with van der Waals surface area (Å²) in [7, 11) is -0.425. The third-order valence-electron chi connectivity index (χ3n) is 5.51. The zero-order valence-corrected chi connectivity index (χ0v) is 14.8. The van der Waals surface area contributed by atoms with Gasteiger partial charge in [-0.25, -0.2) is 0 Å². The number of carbonyl (C=O) groups is 1. The number of nitrogens with zero attached hydrogens (tertiary/aromatic N) is 1. The summed E-state index contributed by atoms with van der Waals surface area (Å²) in [6.07, 6.45) is 2.20. The quantitative estimate of drug-likeness (QED) is 0.787. The van der Waals surface area contributed by atoms with Crippen LogP contribution in [-0.4, -0.2) is 42.2 Å². The average Bonchev–Trinajstić information content (AvgIpc) is 3.05. The fourth-order valence-corrected chi connectivity index (χ4v) is 3.20. The molecule has 1 amide bonds. The Balaban J connectivity index is 1.90. The van der Waals surface area contributed by atoms with E-state index in [1.54, 1.807) is 0 Å². The minimum absolute atomic E-state index is 0.123. The minimum atomic E-state index is -0.425. The van der Waals surface area contributed by atoms with Gasteiger partial charge in [0, 0.05) is 18.7 Å². The normalized spacial score (nSPS) is 22.7. The van der Waals surface area contributed by atoms with Crippen LogP contribution in [0, 0.1) is 6.92 Å². The number of likely N-dealkylation sites (tertiary alicyclic amines) is 1. The van der Waals surface area contributed by atoms with Crippen LogP contribution in [0.3, 0.4) is 0 Å². The van der Waals surface area contributed by atoms with E-state index >= 15 is 0 Å². The second-order valence-electron chi connectivity index (χ2n) is 7.61. The minimum Gasteiger partial charge on any atom is -0.399 e. The Morgan fingerprint density at radius 1 is 1.09 bits per heavy atom. The summed E-state index contributed by atoms with van der Waals surface area (Å²) in [5.41, 5.74) is 1.92. The van der Waals surface area contributed by atoms with Gasteiger partial charge >= 0.3 is 7.12 Å². The molecule has 0 aromatic heterocycles. The SMILES string of the molecule is Cc1c(B2OC(C)(C)C(C)(C)O2)cccc1C(=O)N1CCCC1. The van der Waals surface area contributed by atoms with Crippen molar-refractivity contribution in [2.24, 2.45) is 0 Å². The van der Waals surface area contributed by atoms with Crippen molar-refractivity contribution in [3.8, 4) is 0 Å². The van der Waals surface area contributed by atoms with Crippen molar-refractivity contribution in [2.75, 3.05) is 13.1 Å². The second kappa shape index (κ2) is 5.64. The maximum absolute atomic E-state index is 12.7. The van der Waals surface area contributed by atoms with E-state index < -0.39 is 7.12 Å². The summed E-state index contributed by atoms with van der Waals surface area (Å²) in [6.45, 7) is 11.9. The molecule has 0 spiro atoms. The van der Waals surface area contributed by atoms with Gasteiger partial charge in [-0.05, 0) is 64.6 Å². The van der Waals surface area contributed by atoms with E-state index in [0.29, 0.717) is 0 Å². The predicted molar refractivity (Wildman–Crippen MR) is 92.0 cm³/mol. The van der Waals surface area contributed by atoms with Crippen molar-refractivity contribution in [3.05, 3.63) is 29.3 Å². The van der Waals surface area contributed by atoms with Gasteiger partial charge in [-0.2, -0.15) is 0 Å². The lowest BCUT2D eigenvalue weighted by Gasteiger charge is -2.32. The third-order valence-corrected chi connectivity index (χ3v) is 5.51. The van der Waals surface area contributed by atoms with Gasteiger partial charge in [0.25, 0.3) is 5.91 Å². The predicted octanol–water partition coefficient (Wildman–Crippen LogP) is 2.53. The van der Waals surface area contributed by atoms with Gasteiger partial charge in [-0.3, -0.25) is 4.79 Å². The van der Waals surface area contributed by atoms with Crippen LogP contribution in [0.25, 0.3) is 0 Å². The van der Waals surface area contributed by atoms with Crippen LogP contribution in [-0.2, 0) is 9.31 Å². The van der Waals surface area contributed by atoms with Gasteiger partial charge in [0.2, 0.25) is 0 Å². The lowest BCUT2D eigenvalue weighted by atomic mass is 9.75. The zero-order chi connectivity index (χ0) is 16.8. The first-order valence-corrected chi connectivity index (χ1v) is 8.47. The topological polar surface area (TPSA) is 38.8 Å². The summed E-state index contributed by atoms with van der Waals surface area (Å²) in [5, 5.41) is 0. The molecular formula is C18H26BNO3. The summed E-state index contributed by atoms with van der Waals surface area (Å²) in [5.74, 6) is 0.123. The maximum Gasteiger partial charge on any atom is 0.495 e. The van der Waals surface area contributed by atoms with Gasteiger partial charge in [0.1, 0.15) is 0 Å². The number of rotatable bonds is 2. The average molecular weight is 315 g/mol. The standard InChI is InChI=1S/C18H26BNO3/c1-13-14(16(21)20-11-6-7-12-20)9-8-10-15(13)19-22-17(2,3)18(4,5)23-19/h8-10H,6-7,11-12H2,1-5H3. The van der Waals surface area contributed by atoms with Crippen LogP contribution in [0.15, 0.2) is 18.2 Å². The number of benzene rings is 1. The Morgan fingerprint density at radius 2 is 1.65 bits per heavy atom. The van der Waals surface area contributed by atoms with E-state index in [-0.39, 0.29) is 17.1 Å². The van der Waals surface area contributed by atoms with Crippen molar-refractivity contribution in [1.82, 2.24) is 4.90 Å². The van der Waals surface area contributed by atoms with E-state index in [1.165, 1.54) is 0 Å². The highest BCUT2D eigenvalue weighted by Gasteiger charge is 2.52. The van der Waals surface area contributed by atoms with Crippen molar-refractivity contribution in [2.45, 2.75) is 58.7 Å². The summed E-state index contributed by atoms with van der Waals surface area (Å²) < 4.78 is 12.3. The Hall–Kier alpha value is -1.33. The molecule has 2 aliphatic rings. The molecule has 0 unspecified atom stereocenters. The smallest absolute Gasteiger partial charge is 0.399 e. The molecule has 2 fully saturated rings. The van der Waals surface area contributed by atoms with E-state index in [2.05, 4.69) is 0 Å². The molecule has 0 saturated carbocycles. The number of hydrogen-bond acceptors (Lipinski definition) is 3. The molecule has 3 rings (SSSR count). The largest absolute Gasteiger partial charge is 0.495 e. The van der Waals surface area contributed by atoms with Crippen LogP contribution in [0.5, 0.6) is 0 Å². The van der Waals surface area contributed by atoms with Crippen LogP contribution in [0.2, 0.25) is 0 Å². The van der Waals surface area contributed by atoms with Gasteiger partial charge in [0.15, 0.2) is 0 Å². The molecule has 0 radical (unpaired) electrons. The van der Waals surface area contributed by atoms with E-state index in [4.69, 9.17) is 9.31 Å². The molecule has 23 heavy (non-hydrogen) atoms. The Kier molecular flexibility index (Phi) is 4.05. The molecule has 2 heterocycles. The molecule has 1 aromatic rings. The van der Waals surface area contributed by atoms with Crippen molar-refractivity contribution >= 4 is 18.5 Å². The molecule has 4 nitrogen and oxygen atoms in total. The highest BCUT2D eigenvalue weighted by molar-refractivity contribution is 6.62. The van der Waals surface area contributed by atoms with Crippen LogP contribution in [0.4, 0.5) is 0 Å². The number of hydrogen-bond donors (Lipinski definition) is 0. The van der Waals surface area contributed by atoms with E-state index in [1.807, 2.05) is 57.7 Å². The first-order valence-electron chi connectivity index (χ1n) is 8.47. The maximum atomic E-state index is 12.7. The van der Waals surface area contributed by atoms with Crippen LogP contribution in [0.1, 0.15) is 56.5 Å². The summed E-state index contributed by atoms with van der Waals surface area (Å²) >= 11 is 0. The van der Waals surface area contributed by atoms with E-state index in [9.17, 15) is 4.79 Å². The third kappa shape index (κ3) is 2.81. The summed E-state index contributed by atoms with van der Waals surface area (Å²) in [4.78, 5) is 14.7. The lowest BCUT2D eigenvalue weighted by molar-refractivity contribution is 0.00578. The molecule has 1 aromatic carbocycles. The van der Waals surface area contributed by atoms with Crippen LogP contribution >= 0.6 is 0 Å². The van der Waals surface area contributed by atoms with Crippen molar-refractivity contribution in [3.63, 3.8) is 0 Å². The highest BCUT2D eigenvalue weighted by atomic mass is 16.7. The zero-order valence-electron chi connectivity index (χ0n) is 14.8. The molecule has 0 N–H and O–H groups in total. The van der Waals surface area contributed by atoms with Gasteiger partial charge in [0.05, 0.1) is 11.2 Å². The first-order chi connectivity index (χ1) is 10.7. The summed E-state index contributed by atoms with van der Waals surface area (Å²) in [6, 6.07) is 5.83. The van der Waals surface area contributed by atoms with Gasteiger partial charge in [-0.1, -0.05) is 12.1 Å². The first kappa shape index (κ1) is 16.5. The van der Waals surface area contributed by atoms with E-state index in [0.717, 1.165) is 42.5 Å². The van der Waals surface area contributed by atoms with Crippen LogP contribution < -0.4 is 5.46 Å². The second-order valence-corrected chi connectivity index (χ2v) is 7.61. The Bertz CT molecular complexity index is 605. The Morgan fingerprint density at radius 3 is 2.22 bits per heavy atom. The number of carbonyl (C=O) groups excluding carboxylic acids is 1. The molecule has 2 aliphatic heterocycles. The molecule has 2 saturated heterocycles. The highest BCUT2D eigenvalue weighted by Crippen LogP contribution is 2.36. The fourth-order valence-electron chi connectivity index (χ4n) is 3.20. The molecule has 0 aliphatic carbocycles. The number of amides is 1. The van der Waals surface area contributed by atoms with Gasteiger partial charge in [-0.15, -0.1) is 0 Å². The van der Waals surface area contributed by atoms with Crippen molar-refractivity contribution < 1.29 is 14.1 Å². The molecule has 124 valence electrons. The fraction of sp³-hybridized carbons (Fsp3) is 0.611. The lowest BCUT2D eigenvalue weighted by Crippen LogP contribution is -2.41. The van der Waals surface area contributed by atoms with Crippen molar-refractivity contribution in [1.29, 1.82) is 0 Å².